The van der Waals surface area contributed by atoms with E-state index in [9.17, 15) is 0 Å². The zero-order chi connectivity index (χ0) is 7.82. The molecule has 0 atom stereocenters. The van der Waals surface area contributed by atoms with E-state index in [0.717, 1.165) is 6.42 Å². The average molecular weight is 141 g/mol. The fourth-order valence-electron chi connectivity index (χ4n) is 0.700. The molecular weight excluding hydrogens is 126 g/mol. The van der Waals surface area contributed by atoms with E-state index in [-0.39, 0.29) is 0 Å². The SMILES string of the molecule is CCCCC(C)=CC=NO. The first-order valence-electron chi connectivity index (χ1n) is 3.64. The normalized spacial score (nSPS) is 12.8. The molecule has 0 aromatic heterocycles. The molecule has 0 aliphatic heterocycles. The van der Waals surface area contributed by atoms with Crippen molar-refractivity contribution in [1.29, 1.82) is 0 Å². The molecule has 0 spiro atoms. The molecule has 0 saturated heterocycles. The number of unbranched alkanes of at least 4 members (excludes halogenated alkanes) is 1. The predicted octanol–water partition coefficient (Wildman–Crippen LogP) is 2.58. The van der Waals surface area contributed by atoms with Crippen molar-refractivity contribution < 1.29 is 5.21 Å². The lowest BCUT2D eigenvalue weighted by Crippen LogP contribution is -1.77. The summed E-state index contributed by atoms with van der Waals surface area (Å²) in [4.78, 5) is 0. The van der Waals surface area contributed by atoms with Gasteiger partial charge in [0, 0.05) is 0 Å². The monoisotopic (exact) mass is 141 g/mol. The highest BCUT2D eigenvalue weighted by molar-refractivity contribution is 5.71. The molecule has 0 unspecified atom stereocenters. The number of hydrogen-bond acceptors (Lipinski definition) is 2. The van der Waals surface area contributed by atoms with Gasteiger partial charge in [0.2, 0.25) is 0 Å². The summed E-state index contributed by atoms with van der Waals surface area (Å²) in [5, 5.41) is 10.9. The summed E-state index contributed by atoms with van der Waals surface area (Å²) >= 11 is 0. The highest BCUT2D eigenvalue weighted by Crippen LogP contribution is 2.04. The number of allylic oxidation sites excluding steroid dienone is 2. The van der Waals surface area contributed by atoms with Crippen LogP contribution in [0.5, 0.6) is 0 Å². The van der Waals surface area contributed by atoms with Gasteiger partial charge in [0.05, 0.1) is 6.21 Å². The van der Waals surface area contributed by atoms with Gasteiger partial charge >= 0.3 is 0 Å². The molecular formula is C8H15NO. The van der Waals surface area contributed by atoms with Crippen molar-refractivity contribution in [2.24, 2.45) is 5.16 Å². The number of rotatable bonds is 4. The van der Waals surface area contributed by atoms with Crippen molar-refractivity contribution in [2.75, 3.05) is 0 Å². The Balaban J connectivity index is 3.49. The first-order valence-corrected chi connectivity index (χ1v) is 3.64. The van der Waals surface area contributed by atoms with E-state index in [1.165, 1.54) is 24.6 Å². The maximum absolute atomic E-state index is 8.07. The molecule has 0 aromatic carbocycles. The van der Waals surface area contributed by atoms with Crippen molar-refractivity contribution in [3.05, 3.63) is 11.6 Å². The van der Waals surface area contributed by atoms with Crippen LogP contribution in [0.2, 0.25) is 0 Å². The molecule has 1 N–H and O–H groups in total. The van der Waals surface area contributed by atoms with Gasteiger partial charge in [0.15, 0.2) is 0 Å². The third-order valence-electron chi connectivity index (χ3n) is 1.35. The van der Waals surface area contributed by atoms with E-state index in [2.05, 4.69) is 12.1 Å². The van der Waals surface area contributed by atoms with Crippen LogP contribution in [0.1, 0.15) is 33.1 Å². The highest BCUT2D eigenvalue weighted by atomic mass is 16.4. The van der Waals surface area contributed by atoms with Gasteiger partial charge in [-0.2, -0.15) is 0 Å². The van der Waals surface area contributed by atoms with Crippen molar-refractivity contribution >= 4 is 6.21 Å². The quantitative estimate of drug-likeness (QED) is 0.364. The number of oxime groups is 1. The van der Waals surface area contributed by atoms with Crippen molar-refractivity contribution in [2.45, 2.75) is 33.1 Å². The van der Waals surface area contributed by atoms with Crippen molar-refractivity contribution in [3.8, 4) is 0 Å². The van der Waals surface area contributed by atoms with Gasteiger partial charge in [0.25, 0.3) is 0 Å². The topological polar surface area (TPSA) is 32.6 Å². The molecule has 2 heteroatoms. The standard InChI is InChI=1S/C8H15NO/c1-3-4-5-8(2)6-7-9-10/h6-7,10H,3-5H2,1-2H3. The Bertz CT molecular complexity index is 127. The summed E-state index contributed by atoms with van der Waals surface area (Å²) in [5.74, 6) is 0. The van der Waals surface area contributed by atoms with Crippen molar-refractivity contribution in [3.63, 3.8) is 0 Å². The maximum Gasteiger partial charge on any atom is 0.0660 e. The van der Waals surface area contributed by atoms with Gasteiger partial charge in [0.1, 0.15) is 0 Å². The zero-order valence-electron chi connectivity index (χ0n) is 6.67. The van der Waals surface area contributed by atoms with Crippen LogP contribution in [-0.4, -0.2) is 11.4 Å². The van der Waals surface area contributed by atoms with Crippen LogP contribution in [0, 0.1) is 0 Å². The molecule has 0 heterocycles. The predicted molar refractivity (Wildman–Crippen MR) is 43.6 cm³/mol. The smallest absolute Gasteiger partial charge is 0.0660 e. The Morgan fingerprint density at radius 2 is 2.30 bits per heavy atom. The molecule has 0 bridgehead atoms. The summed E-state index contributed by atoms with van der Waals surface area (Å²) in [7, 11) is 0. The third kappa shape index (κ3) is 5.35. The first kappa shape index (κ1) is 9.21. The first-order chi connectivity index (χ1) is 4.81. The van der Waals surface area contributed by atoms with E-state index < -0.39 is 0 Å². The van der Waals surface area contributed by atoms with E-state index in [1.807, 2.05) is 13.0 Å². The minimum Gasteiger partial charge on any atom is -0.411 e. The molecule has 0 fully saturated rings. The van der Waals surface area contributed by atoms with Gasteiger partial charge in [-0.05, 0) is 25.8 Å². The van der Waals surface area contributed by atoms with Crippen LogP contribution in [0.15, 0.2) is 16.8 Å². The highest BCUT2D eigenvalue weighted by Gasteiger charge is 1.85. The molecule has 0 aliphatic carbocycles. The van der Waals surface area contributed by atoms with Crippen molar-refractivity contribution in [1.82, 2.24) is 0 Å². The summed E-state index contributed by atoms with van der Waals surface area (Å²) in [6.45, 7) is 4.20. The Kier molecular flexibility index (Phi) is 5.83. The Morgan fingerprint density at radius 3 is 2.80 bits per heavy atom. The summed E-state index contributed by atoms with van der Waals surface area (Å²) in [6.07, 6.45) is 6.76. The molecule has 0 amide bonds. The molecule has 0 radical (unpaired) electrons. The molecule has 0 aliphatic rings. The lowest BCUT2D eigenvalue weighted by atomic mass is 10.1. The minimum absolute atomic E-state index is 1.10. The Morgan fingerprint density at radius 1 is 1.60 bits per heavy atom. The van der Waals surface area contributed by atoms with Crippen LogP contribution in [-0.2, 0) is 0 Å². The third-order valence-corrected chi connectivity index (χ3v) is 1.35. The molecule has 58 valence electrons. The zero-order valence-corrected chi connectivity index (χ0v) is 6.67. The van der Waals surface area contributed by atoms with E-state index in [1.54, 1.807) is 0 Å². The lowest BCUT2D eigenvalue weighted by molar-refractivity contribution is 0.322. The molecule has 0 saturated carbocycles. The second-order valence-corrected chi connectivity index (χ2v) is 2.38. The van der Waals surface area contributed by atoms with E-state index >= 15 is 0 Å². The summed E-state index contributed by atoms with van der Waals surface area (Å²) in [5.41, 5.74) is 1.26. The summed E-state index contributed by atoms with van der Waals surface area (Å²) in [6, 6.07) is 0. The number of hydrogen-bond donors (Lipinski definition) is 1. The van der Waals surface area contributed by atoms with Crippen LogP contribution in [0.3, 0.4) is 0 Å². The number of nitrogens with zero attached hydrogens (tertiary/aromatic N) is 1. The molecule has 2 nitrogen and oxygen atoms in total. The second kappa shape index (κ2) is 6.33. The van der Waals surface area contributed by atoms with Gasteiger partial charge in [-0.3, -0.25) is 0 Å². The fraction of sp³-hybridized carbons (Fsp3) is 0.625. The second-order valence-electron chi connectivity index (χ2n) is 2.38. The average Bonchev–Trinajstić information content (AvgIpc) is 1.97. The molecule has 0 rings (SSSR count). The largest absolute Gasteiger partial charge is 0.411 e. The molecule has 10 heavy (non-hydrogen) atoms. The Hall–Kier alpha value is -0.790. The summed E-state index contributed by atoms with van der Waals surface area (Å²) < 4.78 is 0. The van der Waals surface area contributed by atoms with E-state index in [4.69, 9.17) is 5.21 Å². The lowest BCUT2D eigenvalue weighted by Gasteiger charge is -1.94. The maximum atomic E-state index is 8.07. The van der Waals surface area contributed by atoms with E-state index in [0.29, 0.717) is 0 Å². The minimum atomic E-state index is 1.10. The van der Waals surface area contributed by atoms with Crippen LogP contribution in [0.4, 0.5) is 0 Å². The van der Waals surface area contributed by atoms with Crippen LogP contribution < -0.4 is 0 Å². The fourth-order valence-corrected chi connectivity index (χ4v) is 0.700. The van der Waals surface area contributed by atoms with Gasteiger partial charge in [-0.1, -0.05) is 24.1 Å². The molecule has 0 aromatic rings. The van der Waals surface area contributed by atoms with Gasteiger partial charge in [-0.25, -0.2) is 0 Å². The van der Waals surface area contributed by atoms with Crippen LogP contribution in [0.25, 0.3) is 0 Å². The van der Waals surface area contributed by atoms with Gasteiger partial charge < -0.3 is 5.21 Å². The van der Waals surface area contributed by atoms with Crippen LogP contribution >= 0.6 is 0 Å². The Labute approximate surface area is 62.2 Å². The van der Waals surface area contributed by atoms with Gasteiger partial charge in [-0.15, -0.1) is 0 Å².